The number of carboxylic acid groups (broad SMARTS) is 1. The SMILES string of the molecule is Nc1c(C(=O)O)[nH]c2nccc(-c3ccccn3)c12. The third-order valence-corrected chi connectivity index (χ3v) is 2.89. The van der Waals surface area contributed by atoms with Crippen LogP contribution in [0.1, 0.15) is 10.5 Å². The molecule has 6 nitrogen and oxygen atoms in total. The lowest BCUT2D eigenvalue weighted by atomic mass is 10.1. The molecule has 0 amide bonds. The number of nitrogens with zero attached hydrogens (tertiary/aromatic N) is 2. The maximum Gasteiger partial charge on any atom is 0.354 e. The summed E-state index contributed by atoms with van der Waals surface area (Å²) < 4.78 is 0. The van der Waals surface area contributed by atoms with Crippen LogP contribution in [0.25, 0.3) is 22.3 Å². The van der Waals surface area contributed by atoms with Crippen LogP contribution in [0.4, 0.5) is 5.69 Å². The van der Waals surface area contributed by atoms with E-state index in [1.165, 1.54) is 0 Å². The van der Waals surface area contributed by atoms with Crippen molar-refractivity contribution in [2.75, 3.05) is 5.73 Å². The predicted octanol–water partition coefficient (Wildman–Crippen LogP) is 1.91. The van der Waals surface area contributed by atoms with Gasteiger partial charge in [0.1, 0.15) is 11.3 Å². The number of carboxylic acids is 1. The summed E-state index contributed by atoms with van der Waals surface area (Å²) in [4.78, 5) is 22.1. The molecule has 0 radical (unpaired) electrons. The lowest BCUT2D eigenvalue weighted by Crippen LogP contribution is -2.00. The highest BCUT2D eigenvalue weighted by Crippen LogP contribution is 2.32. The molecule has 0 aliphatic carbocycles. The molecule has 0 bridgehead atoms. The highest BCUT2D eigenvalue weighted by molar-refractivity contribution is 6.09. The molecule has 0 spiro atoms. The van der Waals surface area contributed by atoms with E-state index < -0.39 is 5.97 Å². The Hall–Kier alpha value is -2.89. The van der Waals surface area contributed by atoms with E-state index >= 15 is 0 Å². The molecular formula is C13H10N4O2. The van der Waals surface area contributed by atoms with Crippen LogP contribution in [0.3, 0.4) is 0 Å². The van der Waals surface area contributed by atoms with Gasteiger partial charge in [0.15, 0.2) is 0 Å². The molecule has 0 atom stereocenters. The molecule has 3 aromatic heterocycles. The number of H-pyrrole nitrogens is 1. The lowest BCUT2D eigenvalue weighted by molar-refractivity contribution is 0.0692. The number of nitrogens with two attached hydrogens (primary N) is 1. The third-order valence-electron chi connectivity index (χ3n) is 2.89. The number of fused-ring (bicyclic) bond motifs is 1. The van der Waals surface area contributed by atoms with Crippen molar-refractivity contribution >= 4 is 22.7 Å². The minimum absolute atomic E-state index is 0.0501. The van der Waals surface area contributed by atoms with Crippen molar-refractivity contribution in [3.05, 3.63) is 42.4 Å². The van der Waals surface area contributed by atoms with Crippen molar-refractivity contribution < 1.29 is 9.90 Å². The van der Waals surface area contributed by atoms with Crippen molar-refractivity contribution in [2.24, 2.45) is 0 Å². The Morgan fingerprint density at radius 3 is 2.74 bits per heavy atom. The van der Waals surface area contributed by atoms with E-state index in [1.54, 1.807) is 18.5 Å². The molecule has 0 aliphatic rings. The molecule has 94 valence electrons. The van der Waals surface area contributed by atoms with Crippen molar-refractivity contribution in [3.63, 3.8) is 0 Å². The highest BCUT2D eigenvalue weighted by atomic mass is 16.4. The van der Waals surface area contributed by atoms with Gasteiger partial charge in [-0.1, -0.05) is 6.07 Å². The minimum atomic E-state index is -1.11. The summed E-state index contributed by atoms with van der Waals surface area (Å²) >= 11 is 0. The van der Waals surface area contributed by atoms with Crippen molar-refractivity contribution in [1.29, 1.82) is 0 Å². The lowest BCUT2D eigenvalue weighted by Gasteiger charge is -2.02. The van der Waals surface area contributed by atoms with Crippen LogP contribution in [0.5, 0.6) is 0 Å². The number of aromatic carboxylic acids is 1. The van der Waals surface area contributed by atoms with E-state index in [0.29, 0.717) is 11.0 Å². The molecule has 0 saturated heterocycles. The molecule has 19 heavy (non-hydrogen) atoms. The van der Waals surface area contributed by atoms with E-state index in [0.717, 1.165) is 11.3 Å². The quantitative estimate of drug-likeness (QED) is 0.647. The van der Waals surface area contributed by atoms with Gasteiger partial charge in [-0.25, -0.2) is 9.78 Å². The third kappa shape index (κ3) is 1.70. The zero-order chi connectivity index (χ0) is 13.4. The fourth-order valence-electron chi connectivity index (χ4n) is 2.04. The van der Waals surface area contributed by atoms with E-state index in [-0.39, 0.29) is 11.4 Å². The average Bonchev–Trinajstić information content (AvgIpc) is 2.78. The van der Waals surface area contributed by atoms with Gasteiger partial charge in [0, 0.05) is 18.0 Å². The molecule has 0 fully saturated rings. The second kappa shape index (κ2) is 4.09. The first-order valence-corrected chi connectivity index (χ1v) is 5.59. The number of rotatable bonds is 2. The Morgan fingerprint density at radius 1 is 1.21 bits per heavy atom. The molecule has 3 heterocycles. The van der Waals surface area contributed by atoms with Gasteiger partial charge in [-0.2, -0.15) is 0 Å². The van der Waals surface area contributed by atoms with Gasteiger partial charge >= 0.3 is 5.97 Å². The fourth-order valence-corrected chi connectivity index (χ4v) is 2.04. The molecule has 3 aromatic rings. The Labute approximate surface area is 107 Å². The van der Waals surface area contributed by atoms with Crippen LogP contribution in [-0.2, 0) is 0 Å². The van der Waals surface area contributed by atoms with Crippen molar-refractivity contribution in [2.45, 2.75) is 0 Å². The number of aromatic amines is 1. The van der Waals surface area contributed by atoms with E-state index in [4.69, 9.17) is 10.8 Å². The summed E-state index contributed by atoms with van der Waals surface area (Å²) in [5.74, 6) is -1.11. The van der Waals surface area contributed by atoms with Crippen LogP contribution in [-0.4, -0.2) is 26.0 Å². The molecule has 6 heteroatoms. The number of pyridine rings is 2. The van der Waals surface area contributed by atoms with Gasteiger partial charge in [0.05, 0.1) is 16.8 Å². The Bertz CT molecular complexity index is 765. The number of nitrogen functional groups attached to an aromatic ring is 1. The normalized spacial score (nSPS) is 10.7. The largest absolute Gasteiger partial charge is 0.477 e. The number of nitrogens with one attached hydrogen (secondary N) is 1. The Balaban J connectivity index is 2.35. The average molecular weight is 254 g/mol. The molecule has 0 aromatic carbocycles. The number of carbonyl (C=O) groups is 1. The summed E-state index contributed by atoms with van der Waals surface area (Å²) in [6.45, 7) is 0. The topological polar surface area (TPSA) is 105 Å². The van der Waals surface area contributed by atoms with Gasteiger partial charge in [-0.05, 0) is 18.2 Å². The predicted molar refractivity (Wildman–Crippen MR) is 70.7 cm³/mol. The molecule has 0 aliphatic heterocycles. The van der Waals surface area contributed by atoms with Crippen LogP contribution in [0.2, 0.25) is 0 Å². The summed E-state index contributed by atoms with van der Waals surface area (Å²) in [5, 5.41) is 9.66. The van der Waals surface area contributed by atoms with Crippen LogP contribution < -0.4 is 5.73 Å². The van der Waals surface area contributed by atoms with E-state index in [2.05, 4.69) is 15.0 Å². The molecule has 0 saturated carbocycles. The van der Waals surface area contributed by atoms with Gasteiger partial charge in [-0.3, -0.25) is 4.98 Å². The first kappa shape index (κ1) is 11.2. The summed E-state index contributed by atoms with van der Waals surface area (Å²) in [7, 11) is 0. The molecule has 3 rings (SSSR count). The smallest absolute Gasteiger partial charge is 0.354 e. The first-order chi connectivity index (χ1) is 9.18. The maximum atomic E-state index is 11.1. The number of aromatic nitrogens is 3. The minimum Gasteiger partial charge on any atom is -0.477 e. The van der Waals surface area contributed by atoms with Gasteiger partial charge < -0.3 is 15.8 Å². The van der Waals surface area contributed by atoms with Crippen molar-refractivity contribution in [3.8, 4) is 11.3 Å². The molecule has 4 N–H and O–H groups in total. The summed E-state index contributed by atoms with van der Waals surface area (Å²) in [5.41, 5.74) is 7.94. The van der Waals surface area contributed by atoms with E-state index in [1.807, 2.05) is 18.2 Å². The number of hydrogen-bond donors (Lipinski definition) is 3. The van der Waals surface area contributed by atoms with Gasteiger partial charge in [-0.15, -0.1) is 0 Å². The van der Waals surface area contributed by atoms with Crippen molar-refractivity contribution in [1.82, 2.24) is 15.0 Å². The second-order valence-corrected chi connectivity index (χ2v) is 4.02. The monoisotopic (exact) mass is 254 g/mol. The first-order valence-electron chi connectivity index (χ1n) is 5.59. The standard InChI is InChI=1S/C13H10N4O2/c14-10-9-7(8-3-1-2-5-15-8)4-6-16-12(9)17-11(10)13(18)19/h1-6H,14H2,(H,16,17)(H,18,19). The van der Waals surface area contributed by atoms with E-state index in [9.17, 15) is 4.79 Å². The zero-order valence-electron chi connectivity index (χ0n) is 9.79. The number of hydrogen-bond acceptors (Lipinski definition) is 4. The zero-order valence-corrected chi connectivity index (χ0v) is 9.79. The maximum absolute atomic E-state index is 11.1. The van der Waals surface area contributed by atoms with Crippen LogP contribution in [0, 0.1) is 0 Å². The fraction of sp³-hybridized carbons (Fsp3) is 0. The van der Waals surface area contributed by atoms with Crippen LogP contribution >= 0.6 is 0 Å². The summed E-state index contributed by atoms with van der Waals surface area (Å²) in [6.07, 6.45) is 3.26. The van der Waals surface area contributed by atoms with Crippen LogP contribution in [0.15, 0.2) is 36.7 Å². The Morgan fingerprint density at radius 2 is 2.05 bits per heavy atom. The molecular weight excluding hydrogens is 244 g/mol. The van der Waals surface area contributed by atoms with Gasteiger partial charge in [0.25, 0.3) is 0 Å². The molecule has 0 unspecified atom stereocenters. The Kier molecular flexibility index (Phi) is 2.42. The number of anilines is 1. The summed E-state index contributed by atoms with van der Waals surface area (Å²) in [6, 6.07) is 7.27. The highest BCUT2D eigenvalue weighted by Gasteiger charge is 2.18. The second-order valence-electron chi connectivity index (χ2n) is 4.02. The van der Waals surface area contributed by atoms with Gasteiger partial charge in [0.2, 0.25) is 0 Å².